The van der Waals surface area contributed by atoms with Gasteiger partial charge in [0.2, 0.25) is 0 Å². The lowest BCUT2D eigenvalue weighted by atomic mass is 10.0. The maximum Gasteiger partial charge on any atom is 0.416 e. The van der Waals surface area contributed by atoms with Crippen LogP contribution in [0.5, 0.6) is 0 Å². The van der Waals surface area contributed by atoms with E-state index < -0.39 is 24.1 Å². The summed E-state index contributed by atoms with van der Waals surface area (Å²) in [6, 6.07) is 6.81. The first-order valence-electron chi connectivity index (χ1n) is 8.01. The number of benzene rings is 1. The minimum absolute atomic E-state index is 0.321. The van der Waals surface area contributed by atoms with E-state index in [4.69, 9.17) is 4.74 Å². The zero-order chi connectivity index (χ0) is 18.9. The molecule has 0 aliphatic heterocycles. The van der Waals surface area contributed by atoms with Crippen molar-refractivity contribution in [1.29, 1.82) is 0 Å². The summed E-state index contributed by atoms with van der Waals surface area (Å²) in [5.74, 6) is 0. The highest BCUT2D eigenvalue weighted by Gasteiger charge is 2.30. The third kappa shape index (κ3) is 3.71. The van der Waals surface area contributed by atoms with Crippen LogP contribution in [-0.2, 0) is 10.9 Å². The summed E-state index contributed by atoms with van der Waals surface area (Å²) in [7, 11) is 1.50. The Kier molecular flexibility index (Phi) is 4.97. The number of ether oxygens (including phenoxy) is 1. The second-order valence-electron chi connectivity index (χ2n) is 6.07. The van der Waals surface area contributed by atoms with Crippen molar-refractivity contribution in [3.8, 4) is 11.1 Å². The molecule has 0 fully saturated rings. The van der Waals surface area contributed by atoms with Crippen LogP contribution in [0.25, 0.3) is 22.2 Å². The van der Waals surface area contributed by atoms with Crippen LogP contribution in [0.3, 0.4) is 0 Å². The van der Waals surface area contributed by atoms with E-state index in [1.54, 1.807) is 29.9 Å². The highest BCUT2D eigenvalue weighted by molar-refractivity contribution is 5.80. The first-order valence-corrected chi connectivity index (χ1v) is 8.01. The van der Waals surface area contributed by atoms with Gasteiger partial charge in [0.25, 0.3) is 0 Å². The number of methoxy groups -OCH3 is 1. The number of fused-ring (bicyclic) bond motifs is 1. The van der Waals surface area contributed by atoms with Crippen molar-refractivity contribution in [2.24, 2.45) is 0 Å². The fourth-order valence-corrected chi connectivity index (χ4v) is 2.78. The normalized spacial score (nSPS) is 14.5. The van der Waals surface area contributed by atoms with E-state index in [1.165, 1.54) is 19.4 Å². The summed E-state index contributed by atoms with van der Waals surface area (Å²) in [5.41, 5.74) is 1.44. The summed E-state index contributed by atoms with van der Waals surface area (Å²) in [6.07, 6.45) is -2.13. The molecule has 2 unspecified atom stereocenters. The van der Waals surface area contributed by atoms with Crippen molar-refractivity contribution >= 4 is 11.0 Å². The van der Waals surface area contributed by atoms with Crippen molar-refractivity contribution < 1.29 is 23.0 Å². The van der Waals surface area contributed by atoms with E-state index in [9.17, 15) is 18.3 Å². The first kappa shape index (κ1) is 18.3. The van der Waals surface area contributed by atoms with Gasteiger partial charge in [-0.2, -0.15) is 18.3 Å². The predicted octanol–water partition coefficient (Wildman–Crippen LogP) is 4.03. The van der Waals surface area contributed by atoms with Gasteiger partial charge in [0, 0.05) is 25.3 Å². The maximum absolute atomic E-state index is 13.0. The molecule has 3 rings (SSSR count). The van der Waals surface area contributed by atoms with Gasteiger partial charge in [-0.25, -0.2) is 4.68 Å². The Morgan fingerprint density at radius 2 is 1.96 bits per heavy atom. The molecule has 0 radical (unpaired) electrons. The zero-order valence-corrected chi connectivity index (χ0v) is 14.2. The molecular weight excluding hydrogens is 347 g/mol. The lowest BCUT2D eigenvalue weighted by Crippen LogP contribution is -2.17. The van der Waals surface area contributed by atoms with E-state index >= 15 is 0 Å². The van der Waals surface area contributed by atoms with Gasteiger partial charge in [-0.15, -0.1) is 0 Å². The van der Waals surface area contributed by atoms with Gasteiger partial charge in [-0.1, -0.05) is 12.1 Å². The van der Waals surface area contributed by atoms with Gasteiger partial charge in [-0.05, 0) is 30.7 Å². The van der Waals surface area contributed by atoms with Gasteiger partial charge >= 0.3 is 6.18 Å². The topological polar surface area (TPSA) is 60.2 Å². The Labute approximate surface area is 148 Å². The van der Waals surface area contributed by atoms with Gasteiger partial charge in [0.1, 0.15) is 5.52 Å². The van der Waals surface area contributed by atoms with Crippen LogP contribution in [0, 0.1) is 0 Å². The van der Waals surface area contributed by atoms with E-state index in [2.05, 4.69) is 10.1 Å². The molecule has 8 heteroatoms. The first-order chi connectivity index (χ1) is 12.3. The van der Waals surface area contributed by atoms with Gasteiger partial charge < -0.3 is 9.84 Å². The molecule has 0 aliphatic rings. The van der Waals surface area contributed by atoms with Crippen LogP contribution in [0.15, 0.2) is 42.7 Å². The van der Waals surface area contributed by atoms with Crippen LogP contribution < -0.4 is 0 Å². The summed E-state index contributed by atoms with van der Waals surface area (Å²) < 4.78 is 45.8. The molecule has 0 amide bonds. The van der Waals surface area contributed by atoms with Crippen LogP contribution in [-0.4, -0.2) is 33.1 Å². The number of alkyl halides is 3. The third-order valence-corrected chi connectivity index (χ3v) is 4.06. The van der Waals surface area contributed by atoms with Gasteiger partial charge in [0.15, 0.2) is 6.23 Å². The fraction of sp³-hybridized carbons (Fsp3) is 0.333. The van der Waals surface area contributed by atoms with Crippen LogP contribution in [0.1, 0.15) is 25.1 Å². The number of hydrogen-bond acceptors (Lipinski definition) is 4. The predicted molar refractivity (Wildman–Crippen MR) is 90.3 cm³/mol. The van der Waals surface area contributed by atoms with Crippen molar-refractivity contribution in [1.82, 2.24) is 14.8 Å². The Balaban J connectivity index is 2.05. The minimum Gasteiger partial charge on any atom is -0.393 e. The molecule has 2 aromatic heterocycles. The molecule has 0 spiro atoms. The number of aliphatic hydroxyl groups excluding tert-OH is 1. The van der Waals surface area contributed by atoms with Gasteiger partial charge in [-0.3, -0.25) is 4.98 Å². The molecule has 3 aromatic rings. The average molecular weight is 365 g/mol. The largest absolute Gasteiger partial charge is 0.416 e. The zero-order valence-electron chi connectivity index (χ0n) is 14.2. The molecule has 138 valence electrons. The summed E-state index contributed by atoms with van der Waals surface area (Å²) in [5, 5.41) is 13.9. The number of aliphatic hydroxyl groups is 1. The maximum atomic E-state index is 13.0. The highest BCUT2D eigenvalue weighted by Crippen LogP contribution is 2.33. The van der Waals surface area contributed by atoms with E-state index in [0.29, 0.717) is 28.6 Å². The molecule has 26 heavy (non-hydrogen) atoms. The minimum atomic E-state index is -4.41. The molecule has 0 saturated heterocycles. The molecule has 1 N–H and O–H groups in total. The molecule has 0 bridgehead atoms. The number of halogens is 3. The molecular formula is C18H18F3N3O2. The number of nitrogens with zero attached hydrogens (tertiary/aromatic N) is 3. The molecule has 5 nitrogen and oxygen atoms in total. The molecule has 2 heterocycles. The van der Waals surface area contributed by atoms with E-state index in [0.717, 1.165) is 12.1 Å². The van der Waals surface area contributed by atoms with Crippen molar-refractivity contribution in [2.45, 2.75) is 31.9 Å². The summed E-state index contributed by atoms with van der Waals surface area (Å²) >= 11 is 0. The van der Waals surface area contributed by atoms with Crippen molar-refractivity contribution in [2.75, 3.05) is 7.11 Å². The fourth-order valence-electron chi connectivity index (χ4n) is 2.78. The Morgan fingerprint density at radius 1 is 1.19 bits per heavy atom. The molecule has 1 aromatic carbocycles. The van der Waals surface area contributed by atoms with Gasteiger partial charge in [0.05, 0.1) is 23.4 Å². The molecule has 0 saturated carbocycles. The Morgan fingerprint density at radius 3 is 2.62 bits per heavy atom. The molecule has 2 atom stereocenters. The van der Waals surface area contributed by atoms with Crippen molar-refractivity contribution in [3.63, 3.8) is 0 Å². The van der Waals surface area contributed by atoms with E-state index in [1.807, 2.05) is 0 Å². The molecule has 0 aliphatic carbocycles. The number of aromatic nitrogens is 3. The van der Waals surface area contributed by atoms with Crippen LogP contribution in [0.4, 0.5) is 13.2 Å². The van der Waals surface area contributed by atoms with Crippen LogP contribution in [0.2, 0.25) is 0 Å². The third-order valence-electron chi connectivity index (χ3n) is 4.06. The number of hydrogen-bond donors (Lipinski definition) is 1. The quantitative estimate of drug-likeness (QED) is 0.742. The highest BCUT2D eigenvalue weighted by atomic mass is 19.4. The lowest BCUT2D eigenvalue weighted by Gasteiger charge is -2.18. The summed E-state index contributed by atoms with van der Waals surface area (Å²) in [4.78, 5) is 4.28. The second-order valence-corrected chi connectivity index (χ2v) is 6.07. The Hall–Kier alpha value is -2.45. The SMILES string of the molecule is COC(CC(C)O)n1ncc2ncc(-c3cccc(C(F)(F)F)c3)cc21. The monoisotopic (exact) mass is 365 g/mol. The second kappa shape index (κ2) is 7.05. The number of rotatable bonds is 5. The smallest absolute Gasteiger partial charge is 0.393 e. The van der Waals surface area contributed by atoms with Crippen molar-refractivity contribution in [3.05, 3.63) is 48.3 Å². The van der Waals surface area contributed by atoms with E-state index in [-0.39, 0.29) is 0 Å². The lowest BCUT2D eigenvalue weighted by molar-refractivity contribution is -0.137. The summed E-state index contributed by atoms with van der Waals surface area (Å²) in [6.45, 7) is 1.64. The average Bonchev–Trinajstić information content (AvgIpc) is 3.02. The number of pyridine rings is 1. The standard InChI is InChI=1S/C18H18F3N3O2/c1-11(25)6-17(26-2)24-16-8-13(9-22-15(16)10-23-24)12-4-3-5-14(7-12)18(19,20)21/h3-5,7-11,17,25H,6H2,1-2H3. The Bertz CT molecular complexity index is 906. The van der Waals surface area contributed by atoms with Crippen LogP contribution >= 0.6 is 0 Å².